The molecule has 0 rings (SSSR count). The van der Waals surface area contributed by atoms with Crippen LogP contribution < -0.4 is 0 Å². The standard InChI is InChI=1S/C2H5FO2S/c1-6(4,5)2-3/h2H2,1H3. The first-order valence-electron chi connectivity index (χ1n) is 1.30. The van der Waals surface area contributed by atoms with Crippen LogP contribution in [0.1, 0.15) is 0 Å². The van der Waals surface area contributed by atoms with Crippen LogP contribution in [-0.2, 0) is 9.84 Å². The summed E-state index contributed by atoms with van der Waals surface area (Å²) in [5, 5.41) is 0. The summed E-state index contributed by atoms with van der Waals surface area (Å²) in [5.41, 5.74) is 0. The third-order valence-electron chi connectivity index (χ3n) is 0.198. The Balaban J connectivity index is 3.85. The molecular weight excluding hydrogens is 107 g/mol. The van der Waals surface area contributed by atoms with E-state index in [-0.39, 0.29) is 0 Å². The molecule has 0 aliphatic heterocycles. The lowest BCUT2D eigenvalue weighted by Gasteiger charge is -1.78. The summed E-state index contributed by atoms with van der Waals surface area (Å²) in [5.74, 6) is 0. The molecule has 0 spiro atoms. The molecule has 4 heteroatoms. The first-order chi connectivity index (χ1) is 2.56. The second-order valence-corrected chi connectivity index (χ2v) is 3.10. The summed E-state index contributed by atoms with van der Waals surface area (Å²) in [4.78, 5) is 0. The van der Waals surface area contributed by atoms with Crippen LogP contribution in [0.3, 0.4) is 0 Å². The van der Waals surface area contributed by atoms with Crippen molar-refractivity contribution in [3.8, 4) is 0 Å². The summed E-state index contributed by atoms with van der Waals surface area (Å²) < 4.78 is 30.2. The van der Waals surface area contributed by atoms with E-state index in [9.17, 15) is 12.8 Å². The van der Waals surface area contributed by atoms with Gasteiger partial charge in [0.15, 0.2) is 15.8 Å². The largest absolute Gasteiger partial charge is 0.234 e. The second-order valence-electron chi connectivity index (χ2n) is 1.03. The first-order valence-corrected chi connectivity index (χ1v) is 3.36. The normalized spacial score (nSPS) is 11.7. The predicted octanol–water partition coefficient (Wildman–Crippen LogP) is -0.0420. The van der Waals surface area contributed by atoms with Gasteiger partial charge in [0.2, 0.25) is 0 Å². The van der Waals surface area contributed by atoms with Gasteiger partial charge in [-0.3, -0.25) is 0 Å². The minimum Gasteiger partial charge on any atom is -0.234 e. The number of rotatable bonds is 1. The maximum atomic E-state index is 10.9. The molecule has 0 N–H and O–H groups in total. The van der Waals surface area contributed by atoms with Crippen molar-refractivity contribution >= 4 is 9.84 Å². The second kappa shape index (κ2) is 1.55. The van der Waals surface area contributed by atoms with Crippen molar-refractivity contribution in [3.63, 3.8) is 0 Å². The molecule has 0 atom stereocenters. The molecule has 0 fully saturated rings. The number of halogens is 1. The predicted molar refractivity (Wildman–Crippen MR) is 20.8 cm³/mol. The molecule has 38 valence electrons. The molecule has 0 unspecified atom stereocenters. The summed E-state index contributed by atoms with van der Waals surface area (Å²) in [7, 11) is -3.33. The maximum absolute atomic E-state index is 10.9. The maximum Gasteiger partial charge on any atom is 0.190 e. The SMILES string of the molecule is CS(=O)(=O)CF. The van der Waals surface area contributed by atoms with E-state index in [1.165, 1.54) is 0 Å². The molecule has 0 amide bonds. The zero-order valence-corrected chi connectivity index (χ0v) is 4.13. The van der Waals surface area contributed by atoms with Crippen LogP contribution in [0, 0.1) is 0 Å². The zero-order chi connectivity index (χ0) is 5.21. The Bertz CT molecular complexity index is 114. The van der Waals surface area contributed by atoms with Crippen molar-refractivity contribution in [2.24, 2.45) is 0 Å². The van der Waals surface area contributed by atoms with E-state index in [4.69, 9.17) is 0 Å². The number of sulfone groups is 1. The molecule has 2 nitrogen and oxygen atoms in total. The van der Waals surface area contributed by atoms with Crippen LogP contribution in [0.15, 0.2) is 0 Å². The highest BCUT2D eigenvalue weighted by molar-refractivity contribution is 7.90. The molecule has 0 aromatic heterocycles. The lowest BCUT2D eigenvalue weighted by Crippen LogP contribution is -1.95. The van der Waals surface area contributed by atoms with Crippen molar-refractivity contribution in [1.82, 2.24) is 0 Å². The lowest BCUT2D eigenvalue weighted by molar-refractivity contribution is 0.539. The minimum atomic E-state index is -3.33. The average molecular weight is 112 g/mol. The van der Waals surface area contributed by atoms with Gasteiger partial charge < -0.3 is 0 Å². The van der Waals surface area contributed by atoms with Crippen LogP contribution >= 0.6 is 0 Å². The molecule has 0 saturated carbocycles. The topological polar surface area (TPSA) is 34.1 Å². The molecule has 0 heterocycles. The molecule has 0 aromatic rings. The Labute approximate surface area is 35.9 Å². The zero-order valence-electron chi connectivity index (χ0n) is 3.31. The summed E-state index contributed by atoms with van der Waals surface area (Å²) in [6.45, 7) is 0. The van der Waals surface area contributed by atoms with E-state index in [1.54, 1.807) is 0 Å². The molecule has 0 radical (unpaired) electrons. The molecule has 6 heavy (non-hydrogen) atoms. The van der Waals surface area contributed by atoms with Crippen molar-refractivity contribution < 1.29 is 12.8 Å². The Morgan fingerprint density at radius 3 is 1.83 bits per heavy atom. The Kier molecular flexibility index (Phi) is 1.52. The minimum absolute atomic E-state index is 0.840. The van der Waals surface area contributed by atoms with Gasteiger partial charge in [-0.05, 0) is 0 Å². The average Bonchev–Trinajstić information content (AvgIpc) is 1.35. The van der Waals surface area contributed by atoms with E-state index in [0.717, 1.165) is 6.26 Å². The van der Waals surface area contributed by atoms with Gasteiger partial charge >= 0.3 is 0 Å². The summed E-state index contributed by atoms with van der Waals surface area (Å²) in [6, 6.07) is -1.26. The Morgan fingerprint density at radius 2 is 1.83 bits per heavy atom. The van der Waals surface area contributed by atoms with Gasteiger partial charge in [0.25, 0.3) is 0 Å². The van der Waals surface area contributed by atoms with E-state index in [0.29, 0.717) is 0 Å². The van der Waals surface area contributed by atoms with E-state index in [2.05, 4.69) is 0 Å². The fourth-order valence-corrected chi connectivity index (χ4v) is 0. The molecule has 0 aromatic carbocycles. The quantitative estimate of drug-likeness (QED) is 0.477. The first kappa shape index (κ1) is 5.88. The van der Waals surface area contributed by atoms with Gasteiger partial charge in [-0.2, -0.15) is 0 Å². The monoisotopic (exact) mass is 112 g/mol. The van der Waals surface area contributed by atoms with Crippen molar-refractivity contribution in [3.05, 3.63) is 0 Å². The van der Waals surface area contributed by atoms with Gasteiger partial charge in [0, 0.05) is 6.26 Å². The number of hydrogen-bond donors (Lipinski definition) is 0. The van der Waals surface area contributed by atoms with Crippen molar-refractivity contribution in [2.75, 3.05) is 12.3 Å². The molecule has 0 bridgehead atoms. The third kappa shape index (κ3) is 3.88. The third-order valence-corrected chi connectivity index (χ3v) is 0.595. The van der Waals surface area contributed by atoms with Gasteiger partial charge in [0.05, 0.1) is 0 Å². The van der Waals surface area contributed by atoms with Crippen LogP contribution in [0.2, 0.25) is 0 Å². The molecule has 0 aliphatic rings. The number of alkyl halides is 1. The number of hydrogen-bond acceptors (Lipinski definition) is 2. The van der Waals surface area contributed by atoms with Crippen molar-refractivity contribution in [1.29, 1.82) is 0 Å². The fourth-order valence-electron chi connectivity index (χ4n) is 0. The smallest absolute Gasteiger partial charge is 0.190 e. The van der Waals surface area contributed by atoms with Gasteiger partial charge in [-0.1, -0.05) is 0 Å². The van der Waals surface area contributed by atoms with Crippen molar-refractivity contribution in [2.45, 2.75) is 0 Å². The van der Waals surface area contributed by atoms with Gasteiger partial charge in [-0.25, -0.2) is 12.8 Å². The Morgan fingerprint density at radius 1 is 1.67 bits per heavy atom. The fraction of sp³-hybridized carbons (Fsp3) is 1.00. The van der Waals surface area contributed by atoms with Crippen LogP contribution in [0.4, 0.5) is 4.39 Å². The van der Waals surface area contributed by atoms with Gasteiger partial charge in [-0.15, -0.1) is 0 Å². The highest BCUT2D eigenvalue weighted by Crippen LogP contribution is 1.78. The highest BCUT2D eigenvalue weighted by Gasteiger charge is 1.94. The highest BCUT2D eigenvalue weighted by atomic mass is 32.2. The van der Waals surface area contributed by atoms with Gasteiger partial charge in [0.1, 0.15) is 0 Å². The van der Waals surface area contributed by atoms with E-state index >= 15 is 0 Å². The van der Waals surface area contributed by atoms with Crippen LogP contribution in [0.5, 0.6) is 0 Å². The molecular formula is C2H5FO2S. The van der Waals surface area contributed by atoms with E-state index < -0.39 is 15.8 Å². The summed E-state index contributed by atoms with van der Waals surface area (Å²) >= 11 is 0. The molecule has 0 aliphatic carbocycles. The van der Waals surface area contributed by atoms with E-state index in [1.807, 2.05) is 0 Å². The molecule has 0 saturated heterocycles. The Hall–Kier alpha value is -0.120. The summed E-state index contributed by atoms with van der Waals surface area (Å²) in [6.07, 6.45) is 0.840. The lowest BCUT2D eigenvalue weighted by atomic mass is 11.8. The van der Waals surface area contributed by atoms with Crippen LogP contribution in [0.25, 0.3) is 0 Å². The van der Waals surface area contributed by atoms with Crippen LogP contribution in [-0.4, -0.2) is 20.7 Å².